The van der Waals surface area contributed by atoms with Gasteiger partial charge in [0.15, 0.2) is 5.00 Å². The van der Waals surface area contributed by atoms with E-state index in [-0.39, 0.29) is 11.8 Å². The molecule has 6 nitrogen and oxygen atoms in total. The molecule has 0 bridgehead atoms. The van der Waals surface area contributed by atoms with E-state index in [1.54, 1.807) is 6.92 Å². The zero-order valence-electron chi connectivity index (χ0n) is 10.1. The first kappa shape index (κ1) is 13.3. The number of aliphatic hydroxyl groups excluding tert-OH is 2. The molecular formula is C11H16N2O4S. The summed E-state index contributed by atoms with van der Waals surface area (Å²) in [5.74, 6) is 0. The molecule has 1 aliphatic heterocycles. The number of nitrogens with zero attached hydrogens (tertiary/aromatic N) is 2. The SMILES string of the molecule is CC(O)c1cc([N+](=O)[O-])c(N2CCC(O)CC2)s1. The number of hydrogen-bond acceptors (Lipinski definition) is 6. The highest BCUT2D eigenvalue weighted by Crippen LogP contribution is 2.40. The van der Waals surface area contributed by atoms with Gasteiger partial charge in [-0.25, -0.2) is 0 Å². The normalized spacial score (nSPS) is 18.9. The minimum Gasteiger partial charge on any atom is -0.393 e. The molecule has 0 amide bonds. The van der Waals surface area contributed by atoms with Crippen LogP contribution in [0.5, 0.6) is 0 Å². The third-order valence-corrected chi connectivity index (χ3v) is 4.43. The average Bonchev–Trinajstić information content (AvgIpc) is 2.75. The summed E-state index contributed by atoms with van der Waals surface area (Å²) >= 11 is 1.26. The smallest absolute Gasteiger partial charge is 0.304 e. The maximum absolute atomic E-state index is 11.0. The van der Waals surface area contributed by atoms with Crippen molar-refractivity contribution in [2.45, 2.75) is 32.0 Å². The Morgan fingerprint density at radius 2 is 2.17 bits per heavy atom. The lowest BCUT2D eigenvalue weighted by Crippen LogP contribution is -2.35. The summed E-state index contributed by atoms with van der Waals surface area (Å²) < 4.78 is 0. The molecule has 100 valence electrons. The van der Waals surface area contributed by atoms with Gasteiger partial charge in [-0.3, -0.25) is 10.1 Å². The van der Waals surface area contributed by atoms with Crippen molar-refractivity contribution in [3.8, 4) is 0 Å². The Labute approximate surface area is 109 Å². The van der Waals surface area contributed by atoms with Crippen LogP contribution in [0.4, 0.5) is 10.7 Å². The molecule has 1 aromatic rings. The van der Waals surface area contributed by atoms with Gasteiger partial charge in [-0.05, 0) is 19.8 Å². The van der Waals surface area contributed by atoms with Crippen LogP contribution in [0.25, 0.3) is 0 Å². The Balaban J connectivity index is 2.28. The van der Waals surface area contributed by atoms with Crippen LogP contribution in [-0.4, -0.2) is 34.3 Å². The monoisotopic (exact) mass is 272 g/mol. The molecule has 0 spiro atoms. The van der Waals surface area contributed by atoms with E-state index in [1.807, 2.05) is 4.90 Å². The molecule has 2 heterocycles. The maximum Gasteiger partial charge on any atom is 0.304 e. The van der Waals surface area contributed by atoms with Crippen molar-refractivity contribution in [3.05, 3.63) is 21.1 Å². The van der Waals surface area contributed by atoms with Gasteiger partial charge in [-0.2, -0.15) is 0 Å². The number of nitro groups is 1. The van der Waals surface area contributed by atoms with Gasteiger partial charge in [0.05, 0.1) is 17.1 Å². The molecule has 7 heteroatoms. The molecule has 0 aromatic carbocycles. The first-order valence-electron chi connectivity index (χ1n) is 5.88. The first-order valence-corrected chi connectivity index (χ1v) is 6.70. The second kappa shape index (κ2) is 5.21. The average molecular weight is 272 g/mol. The summed E-state index contributed by atoms with van der Waals surface area (Å²) in [5, 5.41) is 30.6. The van der Waals surface area contributed by atoms with Gasteiger partial charge in [0, 0.05) is 24.0 Å². The van der Waals surface area contributed by atoms with Gasteiger partial charge in [0.2, 0.25) is 0 Å². The largest absolute Gasteiger partial charge is 0.393 e. The number of hydrogen-bond donors (Lipinski definition) is 2. The summed E-state index contributed by atoms with van der Waals surface area (Å²) in [6.07, 6.45) is 0.243. The molecule has 1 aliphatic rings. The van der Waals surface area contributed by atoms with E-state index >= 15 is 0 Å². The van der Waals surface area contributed by atoms with Crippen molar-refractivity contribution < 1.29 is 15.1 Å². The first-order chi connectivity index (χ1) is 8.49. The second-order valence-corrected chi connectivity index (χ2v) is 5.55. The Kier molecular flexibility index (Phi) is 3.84. The van der Waals surface area contributed by atoms with Crippen molar-refractivity contribution >= 4 is 22.0 Å². The van der Waals surface area contributed by atoms with Crippen LogP contribution in [0.1, 0.15) is 30.7 Å². The molecule has 1 unspecified atom stereocenters. The van der Waals surface area contributed by atoms with E-state index in [9.17, 15) is 20.3 Å². The zero-order chi connectivity index (χ0) is 13.3. The van der Waals surface area contributed by atoms with Crippen molar-refractivity contribution in [3.63, 3.8) is 0 Å². The second-order valence-electron chi connectivity index (χ2n) is 4.49. The third kappa shape index (κ3) is 2.63. The fourth-order valence-electron chi connectivity index (χ4n) is 2.02. The zero-order valence-corrected chi connectivity index (χ0v) is 10.9. The Hall–Kier alpha value is -1.18. The van der Waals surface area contributed by atoms with Crippen LogP contribution < -0.4 is 4.90 Å². The van der Waals surface area contributed by atoms with E-state index in [4.69, 9.17) is 0 Å². The van der Waals surface area contributed by atoms with Gasteiger partial charge in [0.25, 0.3) is 0 Å². The molecule has 2 rings (SSSR count). The van der Waals surface area contributed by atoms with Crippen LogP contribution in [0.3, 0.4) is 0 Å². The summed E-state index contributed by atoms with van der Waals surface area (Å²) in [6.45, 7) is 2.82. The summed E-state index contributed by atoms with van der Waals surface area (Å²) in [6, 6.07) is 1.44. The number of thiophene rings is 1. The van der Waals surface area contributed by atoms with Gasteiger partial charge >= 0.3 is 5.69 Å². The number of anilines is 1. The van der Waals surface area contributed by atoms with E-state index in [0.29, 0.717) is 35.8 Å². The van der Waals surface area contributed by atoms with Crippen LogP contribution in [-0.2, 0) is 0 Å². The Morgan fingerprint density at radius 1 is 1.56 bits per heavy atom. The molecule has 0 radical (unpaired) electrons. The molecular weight excluding hydrogens is 256 g/mol. The lowest BCUT2D eigenvalue weighted by atomic mass is 10.1. The fourth-order valence-corrected chi connectivity index (χ4v) is 3.14. The number of rotatable bonds is 3. The lowest BCUT2D eigenvalue weighted by Gasteiger charge is -2.29. The molecule has 2 N–H and O–H groups in total. The van der Waals surface area contributed by atoms with E-state index in [2.05, 4.69) is 0 Å². The maximum atomic E-state index is 11.0. The highest BCUT2D eigenvalue weighted by molar-refractivity contribution is 7.16. The molecule has 1 aromatic heterocycles. The van der Waals surface area contributed by atoms with Gasteiger partial charge < -0.3 is 15.1 Å². The lowest BCUT2D eigenvalue weighted by molar-refractivity contribution is -0.383. The Morgan fingerprint density at radius 3 is 2.67 bits per heavy atom. The van der Waals surface area contributed by atoms with Crippen LogP contribution in [0, 0.1) is 10.1 Å². The Bertz CT molecular complexity index is 438. The number of piperidine rings is 1. The topological polar surface area (TPSA) is 86.8 Å². The van der Waals surface area contributed by atoms with Crippen molar-refractivity contribution in [1.29, 1.82) is 0 Å². The molecule has 0 aliphatic carbocycles. The minimum atomic E-state index is -0.696. The highest BCUT2D eigenvalue weighted by Gasteiger charge is 2.27. The van der Waals surface area contributed by atoms with Crippen molar-refractivity contribution in [1.82, 2.24) is 0 Å². The van der Waals surface area contributed by atoms with Crippen LogP contribution >= 0.6 is 11.3 Å². The summed E-state index contributed by atoms with van der Waals surface area (Å²) in [7, 11) is 0. The minimum absolute atomic E-state index is 0.0484. The van der Waals surface area contributed by atoms with Crippen LogP contribution in [0.2, 0.25) is 0 Å². The molecule has 1 fully saturated rings. The van der Waals surface area contributed by atoms with Crippen molar-refractivity contribution in [2.75, 3.05) is 18.0 Å². The van der Waals surface area contributed by atoms with Crippen molar-refractivity contribution in [2.24, 2.45) is 0 Å². The predicted molar refractivity (Wildman–Crippen MR) is 69.1 cm³/mol. The highest BCUT2D eigenvalue weighted by atomic mass is 32.1. The van der Waals surface area contributed by atoms with E-state index < -0.39 is 11.0 Å². The molecule has 1 atom stereocenters. The van der Waals surface area contributed by atoms with Gasteiger partial charge in [-0.15, -0.1) is 11.3 Å². The summed E-state index contributed by atoms with van der Waals surface area (Å²) in [5.41, 5.74) is 0.0484. The number of aliphatic hydroxyl groups is 2. The molecule has 18 heavy (non-hydrogen) atoms. The molecule has 0 saturated carbocycles. The third-order valence-electron chi connectivity index (χ3n) is 3.07. The van der Waals surface area contributed by atoms with Gasteiger partial charge in [-0.1, -0.05) is 0 Å². The fraction of sp³-hybridized carbons (Fsp3) is 0.636. The van der Waals surface area contributed by atoms with Gasteiger partial charge in [0.1, 0.15) is 0 Å². The molecule has 1 saturated heterocycles. The van der Waals surface area contributed by atoms with Crippen LogP contribution in [0.15, 0.2) is 6.07 Å². The van der Waals surface area contributed by atoms with E-state index in [0.717, 1.165) is 0 Å². The standard InChI is InChI=1S/C11H16N2O4S/c1-7(14)10-6-9(13(16)17)11(18-10)12-4-2-8(15)3-5-12/h6-8,14-15H,2-5H2,1H3. The predicted octanol–water partition coefficient (Wildman–Crippen LogP) is 1.67. The summed E-state index contributed by atoms with van der Waals surface area (Å²) in [4.78, 5) is 13.1. The van der Waals surface area contributed by atoms with E-state index in [1.165, 1.54) is 17.4 Å². The quantitative estimate of drug-likeness (QED) is 0.645.